The van der Waals surface area contributed by atoms with Gasteiger partial charge in [0, 0.05) is 0 Å². The van der Waals surface area contributed by atoms with Crippen LogP contribution in [0.1, 0.15) is 16.7 Å². The Balaban J connectivity index is 2.59. The van der Waals surface area contributed by atoms with Crippen molar-refractivity contribution in [3.8, 4) is 12.1 Å². The van der Waals surface area contributed by atoms with Gasteiger partial charge in [0.2, 0.25) is 9.84 Å². The summed E-state index contributed by atoms with van der Waals surface area (Å²) in [6, 6.07) is 14.1. The molecule has 0 aliphatic rings. The highest BCUT2D eigenvalue weighted by Gasteiger charge is 2.18. The van der Waals surface area contributed by atoms with Crippen LogP contribution in [0.15, 0.2) is 52.3 Å². The van der Waals surface area contributed by atoms with Crippen molar-refractivity contribution in [1.29, 1.82) is 10.5 Å². The van der Waals surface area contributed by atoms with Crippen LogP contribution >= 0.6 is 0 Å². The lowest BCUT2D eigenvalue weighted by atomic mass is 10.1. The van der Waals surface area contributed by atoms with Crippen molar-refractivity contribution in [2.75, 3.05) is 0 Å². The van der Waals surface area contributed by atoms with Crippen molar-refractivity contribution in [3.05, 3.63) is 59.2 Å². The van der Waals surface area contributed by atoms with Gasteiger partial charge in [0.05, 0.1) is 20.9 Å². The standard InChI is InChI=1S/C15H10N2O2S/c1-11-2-5-14(6-3-11)20(18,19)15-7-4-12(9-16)13(8-15)10-17/h2-8H,1H3. The minimum absolute atomic E-state index is 0.0110. The van der Waals surface area contributed by atoms with Crippen LogP contribution in [0.4, 0.5) is 0 Å². The third kappa shape index (κ3) is 2.40. The third-order valence-electron chi connectivity index (χ3n) is 2.87. The molecule has 0 fully saturated rings. The van der Waals surface area contributed by atoms with Crippen LogP contribution in [0.2, 0.25) is 0 Å². The molecule has 0 bridgehead atoms. The molecule has 0 radical (unpaired) electrons. The maximum Gasteiger partial charge on any atom is 0.206 e. The van der Waals surface area contributed by atoms with Crippen LogP contribution in [-0.2, 0) is 9.84 Å². The summed E-state index contributed by atoms with van der Waals surface area (Å²) < 4.78 is 24.8. The highest BCUT2D eigenvalue weighted by atomic mass is 32.2. The molecule has 0 saturated carbocycles. The Kier molecular flexibility index (Phi) is 3.56. The molecule has 98 valence electrons. The van der Waals surface area contributed by atoms with Gasteiger partial charge in [-0.15, -0.1) is 0 Å². The predicted molar refractivity (Wildman–Crippen MR) is 72.5 cm³/mol. The average molecular weight is 282 g/mol. The molecule has 0 aromatic heterocycles. The fourth-order valence-electron chi connectivity index (χ4n) is 1.73. The van der Waals surface area contributed by atoms with Gasteiger partial charge in [-0.2, -0.15) is 10.5 Å². The van der Waals surface area contributed by atoms with Crippen molar-refractivity contribution in [3.63, 3.8) is 0 Å². The van der Waals surface area contributed by atoms with E-state index in [1.165, 1.54) is 30.3 Å². The lowest BCUT2D eigenvalue weighted by Crippen LogP contribution is -2.03. The minimum atomic E-state index is -3.67. The molecule has 5 heteroatoms. The Bertz CT molecular complexity index is 839. The van der Waals surface area contributed by atoms with Crippen molar-refractivity contribution in [2.45, 2.75) is 16.7 Å². The summed E-state index contributed by atoms with van der Waals surface area (Å²) in [5.74, 6) is 0. The summed E-state index contributed by atoms with van der Waals surface area (Å²) in [6.07, 6.45) is 0. The van der Waals surface area contributed by atoms with Crippen molar-refractivity contribution in [1.82, 2.24) is 0 Å². The Hall–Kier alpha value is -2.63. The SMILES string of the molecule is Cc1ccc(S(=O)(=O)c2ccc(C#N)c(C#N)c2)cc1. The van der Waals surface area contributed by atoms with Crippen LogP contribution in [0, 0.1) is 29.6 Å². The third-order valence-corrected chi connectivity index (χ3v) is 4.64. The highest BCUT2D eigenvalue weighted by molar-refractivity contribution is 7.91. The van der Waals surface area contributed by atoms with Crippen molar-refractivity contribution in [2.24, 2.45) is 0 Å². The summed E-state index contributed by atoms with van der Waals surface area (Å²) in [5, 5.41) is 17.8. The first-order valence-corrected chi connectivity index (χ1v) is 7.23. The van der Waals surface area contributed by atoms with E-state index in [9.17, 15) is 8.42 Å². The second kappa shape index (κ2) is 5.16. The van der Waals surface area contributed by atoms with E-state index < -0.39 is 9.84 Å². The van der Waals surface area contributed by atoms with E-state index in [0.717, 1.165) is 5.56 Å². The van der Waals surface area contributed by atoms with Gasteiger partial charge in [-0.25, -0.2) is 8.42 Å². The highest BCUT2D eigenvalue weighted by Crippen LogP contribution is 2.23. The minimum Gasteiger partial charge on any atom is -0.219 e. The van der Waals surface area contributed by atoms with Gasteiger partial charge in [0.1, 0.15) is 12.1 Å². The molecule has 0 unspecified atom stereocenters. The molecule has 2 aromatic carbocycles. The molecule has 0 atom stereocenters. The fourth-order valence-corrected chi connectivity index (χ4v) is 3.02. The molecule has 0 aliphatic carbocycles. The molecule has 0 saturated heterocycles. The normalized spacial score (nSPS) is 10.6. The number of hydrogen-bond acceptors (Lipinski definition) is 4. The van der Waals surface area contributed by atoms with Gasteiger partial charge in [-0.1, -0.05) is 17.7 Å². The van der Waals surface area contributed by atoms with E-state index >= 15 is 0 Å². The molecule has 0 N–H and O–H groups in total. The average Bonchev–Trinajstić information content (AvgIpc) is 2.46. The Morgan fingerprint density at radius 3 is 1.95 bits per heavy atom. The number of nitriles is 2. The van der Waals surface area contributed by atoms with Gasteiger partial charge in [-0.05, 0) is 37.3 Å². The molecular weight excluding hydrogens is 272 g/mol. The lowest BCUT2D eigenvalue weighted by Gasteiger charge is -2.06. The molecule has 2 rings (SSSR count). The first-order chi connectivity index (χ1) is 9.48. The zero-order valence-corrected chi connectivity index (χ0v) is 11.5. The molecular formula is C15H10N2O2S. The molecule has 0 heterocycles. The van der Waals surface area contributed by atoms with Gasteiger partial charge in [0.25, 0.3) is 0 Å². The maximum absolute atomic E-state index is 12.4. The summed E-state index contributed by atoms with van der Waals surface area (Å²) in [4.78, 5) is 0.175. The number of nitrogens with zero attached hydrogens (tertiary/aromatic N) is 2. The van der Waals surface area contributed by atoms with Gasteiger partial charge in [0.15, 0.2) is 0 Å². The van der Waals surface area contributed by atoms with E-state index in [1.807, 2.05) is 19.1 Å². The van der Waals surface area contributed by atoms with Crippen LogP contribution in [0.5, 0.6) is 0 Å². The largest absolute Gasteiger partial charge is 0.219 e. The van der Waals surface area contributed by atoms with E-state index in [1.54, 1.807) is 12.1 Å². The van der Waals surface area contributed by atoms with E-state index in [4.69, 9.17) is 10.5 Å². The molecule has 0 amide bonds. The first-order valence-electron chi connectivity index (χ1n) is 5.75. The van der Waals surface area contributed by atoms with E-state index in [2.05, 4.69) is 0 Å². The second-order valence-electron chi connectivity index (χ2n) is 4.25. The topological polar surface area (TPSA) is 81.7 Å². The quantitative estimate of drug-likeness (QED) is 0.847. The van der Waals surface area contributed by atoms with Crippen LogP contribution in [-0.4, -0.2) is 8.42 Å². The van der Waals surface area contributed by atoms with Gasteiger partial charge < -0.3 is 0 Å². The Morgan fingerprint density at radius 1 is 0.850 bits per heavy atom. The smallest absolute Gasteiger partial charge is 0.206 e. The molecule has 0 spiro atoms. The van der Waals surface area contributed by atoms with Crippen molar-refractivity contribution < 1.29 is 8.42 Å². The number of benzene rings is 2. The van der Waals surface area contributed by atoms with Crippen LogP contribution < -0.4 is 0 Å². The predicted octanol–water partition coefficient (Wildman–Crippen LogP) is 2.57. The van der Waals surface area contributed by atoms with E-state index in [0.29, 0.717) is 0 Å². The lowest BCUT2D eigenvalue weighted by molar-refractivity contribution is 0.596. The van der Waals surface area contributed by atoms with Crippen LogP contribution in [0.25, 0.3) is 0 Å². The Labute approximate surface area is 117 Å². The molecule has 20 heavy (non-hydrogen) atoms. The summed E-state index contributed by atoms with van der Waals surface area (Å²) in [7, 11) is -3.67. The monoisotopic (exact) mass is 282 g/mol. The van der Waals surface area contributed by atoms with Gasteiger partial charge >= 0.3 is 0 Å². The van der Waals surface area contributed by atoms with Crippen LogP contribution in [0.3, 0.4) is 0 Å². The molecule has 4 nitrogen and oxygen atoms in total. The number of rotatable bonds is 2. The fraction of sp³-hybridized carbons (Fsp3) is 0.0667. The van der Waals surface area contributed by atoms with Gasteiger partial charge in [-0.3, -0.25) is 0 Å². The zero-order chi connectivity index (χ0) is 14.8. The summed E-state index contributed by atoms with van der Waals surface area (Å²) in [5.41, 5.74) is 1.18. The number of hydrogen-bond donors (Lipinski definition) is 0. The first kappa shape index (κ1) is 13.8. The number of aryl methyl sites for hydroxylation is 1. The molecule has 0 aliphatic heterocycles. The summed E-state index contributed by atoms with van der Waals surface area (Å²) in [6.45, 7) is 1.87. The van der Waals surface area contributed by atoms with E-state index in [-0.39, 0.29) is 20.9 Å². The zero-order valence-electron chi connectivity index (χ0n) is 10.7. The second-order valence-corrected chi connectivity index (χ2v) is 6.20. The number of sulfone groups is 1. The summed E-state index contributed by atoms with van der Waals surface area (Å²) >= 11 is 0. The maximum atomic E-state index is 12.4. The molecule has 2 aromatic rings. The van der Waals surface area contributed by atoms with Crippen molar-refractivity contribution >= 4 is 9.84 Å². The Morgan fingerprint density at radius 2 is 1.40 bits per heavy atom.